The molecule has 1 atom stereocenters. The van der Waals surface area contributed by atoms with Crippen LogP contribution in [0.25, 0.3) is 0 Å². The molecule has 0 amide bonds. The average molecular weight is 299 g/mol. The van der Waals surface area contributed by atoms with Gasteiger partial charge in [0.1, 0.15) is 5.82 Å². The molecule has 0 saturated carbocycles. The van der Waals surface area contributed by atoms with Crippen LogP contribution in [0.15, 0.2) is 18.2 Å². The van der Waals surface area contributed by atoms with E-state index in [9.17, 15) is 9.18 Å². The number of carboxylic acid groups (broad SMARTS) is 1. The predicted octanol–water partition coefficient (Wildman–Crippen LogP) is 2.01. The quantitative estimate of drug-likeness (QED) is 0.756. The minimum atomic E-state index is -1.26. The second-order valence-electron chi connectivity index (χ2n) is 4.89. The molecule has 0 saturated heterocycles. The van der Waals surface area contributed by atoms with Gasteiger partial charge >= 0.3 is 5.97 Å². The molecule has 0 radical (unpaired) electrons. The van der Waals surface area contributed by atoms with Gasteiger partial charge in [-0.1, -0.05) is 6.07 Å². The normalized spacial score (nSPS) is 12.6. The first kappa shape index (κ1) is 17.6. The monoisotopic (exact) mass is 299 g/mol. The Morgan fingerprint density at radius 3 is 2.67 bits per heavy atom. The molecule has 0 aliphatic rings. The van der Waals surface area contributed by atoms with Crippen molar-refractivity contribution in [3.05, 3.63) is 35.1 Å². The largest absolute Gasteiger partial charge is 0.478 e. The van der Waals surface area contributed by atoms with Gasteiger partial charge in [0.05, 0.1) is 18.8 Å². The Morgan fingerprint density at radius 2 is 2.10 bits per heavy atom. The summed E-state index contributed by atoms with van der Waals surface area (Å²) in [6.07, 6.45) is 0. The van der Waals surface area contributed by atoms with Crippen LogP contribution in [0.1, 0.15) is 22.8 Å². The maximum atomic E-state index is 13.4. The number of ether oxygens (including phenoxy) is 2. The first-order valence-corrected chi connectivity index (χ1v) is 6.73. The summed E-state index contributed by atoms with van der Waals surface area (Å²) in [4.78, 5) is 13.1. The van der Waals surface area contributed by atoms with Crippen LogP contribution in [0.3, 0.4) is 0 Å². The number of halogens is 1. The number of carbonyl (C=O) groups is 1. The van der Waals surface area contributed by atoms with Crippen LogP contribution < -0.4 is 0 Å². The molecule has 21 heavy (non-hydrogen) atoms. The molecule has 0 heterocycles. The Morgan fingerprint density at radius 1 is 1.38 bits per heavy atom. The zero-order chi connectivity index (χ0) is 15.8. The van der Waals surface area contributed by atoms with E-state index >= 15 is 0 Å². The van der Waals surface area contributed by atoms with Crippen molar-refractivity contribution < 1.29 is 23.8 Å². The average Bonchev–Trinajstić information content (AvgIpc) is 2.45. The molecule has 1 rings (SSSR count). The molecule has 1 N–H and O–H groups in total. The van der Waals surface area contributed by atoms with Crippen LogP contribution in [0.2, 0.25) is 0 Å². The lowest BCUT2D eigenvalue weighted by molar-refractivity contribution is 0.0683. The molecule has 0 bridgehead atoms. The van der Waals surface area contributed by atoms with Gasteiger partial charge in [-0.2, -0.15) is 0 Å². The molecule has 0 aliphatic heterocycles. The Labute approximate surface area is 124 Å². The van der Waals surface area contributed by atoms with Crippen molar-refractivity contribution in [2.75, 3.05) is 34.0 Å². The van der Waals surface area contributed by atoms with Crippen molar-refractivity contribution in [3.8, 4) is 0 Å². The van der Waals surface area contributed by atoms with Gasteiger partial charge in [-0.15, -0.1) is 0 Å². The summed E-state index contributed by atoms with van der Waals surface area (Å²) >= 11 is 0. The lowest BCUT2D eigenvalue weighted by Gasteiger charge is -2.28. The highest BCUT2D eigenvalue weighted by Gasteiger charge is 2.16. The van der Waals surface area contributed by atoms with Crippen LogP contribution in [-0.4, -0.2) is 56.0 Å². The summed E-state index contributed by atoms with van der Waals surface area (Å²) in [5.41, 5.74) is 0.437. The molecule has 0 aliphatic carbocycles. The van der Waals surface area contributed by atoms with E-state index in [1.165, 1.54) is 12.1 Å². The summed E-state index contributed by atoms with van der Waals surface area (Å²) < 4.78 is 23.6. The maximum Gasteiger partial charge on any atom is 0.338 e. The number of hydrogen-bond donors (Lipinski definition) is 1. The first-order chi connectivity index (χ1) is 9.99. The van der Waals surface area contributed by atoms with Crippen molar-refractivity contribution in [3.63, 3.8) is 0 Å². The number of benzene rings is 1. The Kier molecular flexibility index (Phi) is 7.28. The van der Waals surface area contributed by atoms with Gasteiger partial charge in [0.2, 0.25) is 0 Å². The van der Waals surface area contributed by atoms with Crippen molar-refractivity contribution in [2.45, 2.75) is 19.5 Å². The Bertz CT molecular complexity index is 467. The second-order valence-corrected chi connectivity index (χ2v) is 4.89. The van der Waals surface area contributed by atoms with Crippen LogP contribution in [0.4, 0.5) is 4.39 Å². The summed E-state index contributed by atoms with van der Waals surface area (Å²) in [5.74, 6) is -1.98. The van der Waals surface area contributed by atoms with Gasteiger partial charge in [-0.3, -0.25) is 4.90 Å². The number of hydrogen-bond acceptors (Lipinski definition) is 4. The minimum absolute atomic E-state index is 0.142. The van der Waals surface area contributed by atoms with E-state index < -0.39 is 11.8 Å². The third-order valence-corrected chi connectivity index (χ3v) is 3.26. The highest BCUT2D eigenvalue weighted by molar-refractivity contribution is 5.88. The van der Waals surface area contributed by atoms with Gasteiger partial charge in [-0.25, -0.2) is 9.18 Å². The third-order valence-electron chi connectivity index (χ3n) is 3.26. The van der Waals surface area contributed by atoms with Gasteiger partial charge in [0, 0.05) is 33.4 Å². The van der Waals surface area contributed by atoms with Crippen LogP contribution >= 0.6 is 0 Å². The number of carboxylic acids is 1. The minimum Gasteiger partial charge on any atom is -0.478 e. The summed E-state index contributed by atoms with van der Waals surface area (Å²) in [6.45, 7) is 4.31. The van der Waals surface area contributed by atoms with Gasteiger partial charge in [0.25, 0.3) is 0 Å². The number of nitrogens with zero attached hydrogens (tertiary/aromatic N) is 1. The highest BCUT2D eigenvalue weighted by atomic mass is 19.1. The van der Waals surface area contributed by atoms with E-state index in [0.29, 0.717) is 26.3 Å². The SMILES string of the molecule is COCCN(Cc1ccc(F)c(C(=O)O)c1)C(C)COC. The smallest absolute Gasteiger partial charge is 0.338 e. The maximum absolute atomic E-state index is 13.4. The van der Waals surface area contributed by atoms with Gasteiger partial charge in [0.15, 0.2) is 0 Å². The van der Waals surface area contributed by atoms with E-state index in [4.69, 9.17) is 14.6 Å². The summed E-state index contributed by atoms with van der Waals surface area (Å²) in [7, 11) is 3.25. The van der Waals surface area contributed by atoms with Crippen molar-refractivity contribution >= 4 is 5.97 Å². The third kappa shape index (κ3) is 5.41. The molecule has 0 fully saturated rings. The molecule has 0 spiro atoms. The van der Waals surface area contributed by atoms with E-state index in [0.717, 1.165) is 5.56 Å². The zero-order valence-electron chi connectivity index (χ0n) is 12.6. The molecule has 1 aromatic rings. The molecular formula is C15H22FNO4. The van der Waals surface area contributed by atoms with Crippen molar-refractivity contribution in [1.29, 1.82) is 0 Å². The second kappa shape index (κ2) is 8.71. The first-order valence-electron chi connectivity index (χ1n) is 6.73. The van der Waals surface area contributed by atoms with E-state index in [1.807, 2.05) is 6.92 Å². The predicted molar refractivity (Wildman–Crippen MR) is 77.0 cm³/mol. The lowest BCUT2D eigenvalue weighted by Crippen LogP contribution is -2.38. The lowest BCUT2D eigenvalue weighted by atomic mass is 10.1. The van der Waals surface area contributed by atoms with E-state index in [1.54, 1.807) is 20.3 Å². The van der Waals surface area contributed by atoms with Gasteiger partial charge < -0.3 is 14.6 Å². The molecule has 6 heteroatoms. The van der Waals surface area contributed by atoms with Crippen molar-refractivity contribution in [1.82, 2.24) is 4.90 Å². The molecule has 5 nitrogen and oxygen atoms in total. The van der Waals surface area contributed by atoms with Crippen LogP contribution in [0.5, 0.6) is 0 Å². The van der Waals surface area contributed by atoms with E-state index in [2.05, 4.69) is 4.90 Å². The van der Waals surface area contributed by atoms with Gasteiger partial charge in [-0.05, 0) is 24.6 Å². The topological polar surface area (TPSA) is 59.0 Å². The molecule has 1 aromatic carbocycles. The fourth-order valence-electron chi connectivity index (χ4n) is 2.08. The standard InChI is InChI=1S/C15H22FNO4/c1-11(10-21-3)17(6-7-20-2)9-12-4-5-14(16)13(8-12)15(18)19/h4-5,8,11H,6-7,9-10H2,1-3H3,(H,18,19). The molecule has 1 unspecified atom stereocenters. The number of rotatable bonds is 9. The van der Waals surface area contributed by atoms with Crippen molar-refractivity contribution in [2.24, 2.45) is 0 Å². The Hall–Kier alpha value is -1.50. The summed E-state index contributed by atoms with van der Waals surface area (Å²) in [6, 6.07) is 4.30. The fraction of sp³-hybridized carbons (Fsp3) is 0.533. The molecular weight excluding hydrogens is 277 g/mol. The van der Waals surface area contributed by atoms with Crippen LogP contribution in [0, 0.1) is 5.82 Å². The van der Waals surface area contributed by atoms with E-state index in [-0.39, 0.29) is 11.6 Å². The van der Waals surface area contributed by atoms with Crippen LogP contribution in [-0.2, 0) is 16.0 Å². The zero-order valence-corrected chi connectivity index (χ0v) is 12.6. The number of aromatic carboxylic acids is 1. The molecule has 118 valence electrons. The Balaban J connectivity index is 2.86. The molecule has 0 aromatic heterocycles. The summed E-state index contributed by atoms with van der Waals surface area (Å²) in [5, 5.41) is 8.97. The highest BCUT2D eigenvalue weighted by Crippen LogP contribution is 2.14. The fourth-order valence-corrected chi connectivity index (χ4v) is 2.08. The number of methoxy groups -OCH3 is 2.